The molecule has 0 bridgehead atoms. The zero-order valence-corrected chi connectivity index (χ0v) is 9.02. The SMILES string of the molecule is Cc1nc(CNC(C)C(C)C(=O)O)no1. The van der Waals surface area contributed by atoms with Crippen LogP contribution >= 0.6 is 0 Å². The van der Waals surface area contributed by atoms with E-state index < -0.39 is 11.9 Å². The van der Waals surface area contributed by atoms with Gasteiger partial charge in [-0.1, -0.05) is 12.1 Å². The van der Waals surface area contributed by atoms with Crippen LogP contribution in [0.25, 0.3) is 0 Å². The first-order valence-electron chi connectivity index (χ1n) is 4.76. The summed E-state index contributed by atoms with van der Waals surface area (Å²) in [4.78, 5) is 14.7. The fourth-order valence-electron chi connectivity index (χ4n) is 1.06. The minimum Gasteiger partial charge on any atom is -0.481 e. The summed E-state index contributed by atoms with van der Waals surface area (Å²) in [6, 6.07) is -0.138. The van der Waals surface area contributed by atoms with E-state index in [0.717, 1.165) is 0 Å². The summed E-state index contributed by atoms with van der Waals surface area (Å²) in [5.74, 6) is -0.222. The molecule has 1 rings (SSSR count). The van der Waals surface area contributed by atoms with Gasteiger partial charge < -0.3 is 14.9 Å². The number of aliphatic carboxylic acids is 1. The summed E-state index contributed by atoms with van der Waals surface area (Å²) < 4.78 is 4.79. The topological polar surface area (TPSA) is 88.2 Å². The lowest BCUT2D eigenvalue weighted by atomic mass is 10.0. The Hall–Kier alpha value is -1.43. The second kappa shape index (κ2) is 4.88. The van der Waals surface area contributed by atoms with E-state index in [-0.39, 0.29) is 6.04 Å². The summed E-state index contributed by atoms with van der Waals surface area (Å²) in [6.07, 6.45) is 0. The Morgan fingerprint density at radius 3 is 2.73 bits per heavy atom. The van der Waals surface area contributed by atoms with E-state index in [0.29, 0.717) is 18.3 Å². The number of hydrogen-bond donors (Lipinski definition) is 2. The number of aryl methyl sites for hydroxylation is 1. The molecule has 1 heterocycles. The van der Waals surface area contributed by atoms with Crippen LogP contribution in [0.1, 0.15) is 25.6 Å². The highest BCUT2D eigenvalue weighted by Gasteiger charge is 2.19. The molecule has 0 amide bonds. The minimum absolute atomic E-state index is 0.138. The predicted molar refractivity (Wildman–Crippen MR) is 52.1 cm³/mol. The van der Waals surface area contributed by atoms with Gasteiger partial charge in [-0.05, 0) is 6.92 Å². The van der Waals surface area contributed by atoms with Crippen molar-refractivity contribution in [2.24, 2.45) is 5.92 Å². The van der Waals surface area contributed by atoms with Crippen LogP contribution in [0.3, 0.4) is 0 Å². The molecule has 6 nitrogen and oxygen atoms in total. The average molecular weight is 213 g/mol. The third-order valence-electron chi connectivity index (χ3n) is 2.29. The number of hydrogen-bond acceptors (Lipinski definition) is 5. The molecule has 2 N–H and O–H groups in total. The fourth-order valence-corrected chi connectivity index (χ4v) is 1.06. The van der Waals surface area contributed by atoms with Gasteiger partial charge in [-0.15, -0.1) is 0 Å². The van der Waals surface area contributed by atoms with Crippen molar-refractivity contribution < 1.29 is 14.4 Å². The van der Waals surface area contributed by atoms with Gasteiger partial charge in [0.2, 0.25) is 5.89 Å². The Morgan fingerprint density at radius 2 is 2.27 bits per heavy atom. The lowest BCUT2D eigenvalue weighted by Gasteiger charge is -2.16. The monoisotopic (exact) mass is 213 g/mol. The zero-order chi connectivity index (χ0) is 11.4. The number of nitrogens with zero attached hydrogens (tertiary/aromatic N) is 2. The van der Waals surface area contributed by atoms with E-state index in [1.165, 1.54) is 0 Å². The first kappa shape index (κ1) is 11.6. The Kier molecular flexibility index (Phi) is 3.79. The molecule has 2 unspecified atom stereocenters. The van der Waals surface area contributed by atoms with E-state index >= 15 is 0 Å². The number of rotatable bonds is 5. The fraction of sp³-hybridized carbons (Fsp3) is 0.667. The van der Waals surface area contributed by atoms with Gasteiger partial charge in [0.05, 0.1) is 12.5 Å². The van der Waals surface area contributed by atoms with Gasteiger partial charge >= 0.3 is 5.97 Å². The molecular weight excluding hydrogens is 198 g/mol. The molecule has 2 atom stereocenters. The average Bonchev–Trinajstić information content (AvgIpc) is 2.59. The molecule has 0 aliphatic carbocycles. The number of aromatic nitrogens is 2. The Balaban J connectivity index is 2.40. The highest BCUT2D eigenvalue weighted by Crippen LogP contribution is 2.03. The molecule has 0 spiro atoms. The molecular formula is C9H15N3O3. The van der Waals surface area contributed by atoms with Gasteiger partial charge in [-0.25, -0.2) is 0 Å². The van der Waals surface area contributed by atoms with Gasteiger partial charge in [0, 0.05) is 13.0 Å². The quantitative estimate of drug-likeness (QED) is 0.743. The number of carbonyl (C=O) groups is 1. The maximum absolute atomic E-state index is 10.7. The first-order chi connectivity index (χ1) is 7.00. The highest BCUT2D eigenvalue weighted by atomic mass is 16.5. The Bertz CT molecular complexity index is 337. The summed E-state index contributed by atoms with van der Waals surface area (Å²) >= 11 is 0. The zero-order valence-electron chi connectivity index (χ0n) is 9.02. The standard InChI is InChI=1S/C9H15N3O3/c1-5(9(13)14)6(2)10-4-8-11-7(3)15-12-8/h5-6,10H,4H2,1-3H3,(H,13,14). The van der Waals surface area contributed by atoms with Crippen molar-refractivity contribution in [2.45, 2.75) is 33.4 Å². The summed E-state index contributed by atoms with van der Waals surface area (Å²) in [5.41, 5.74) is 0. The maximum atomic E-state index is 10.7. The Labute approximate surface area is 87.7 Å². The molecule has 15 heavy (non-hydrogen) atoms. The van der Waals surface area contributed by atoms with E-state index in [4.69, 9.17) is 9.63 Å². The number of carboxylic acid groups (broad SMARTS) is 1. The lowest BCUT2D eigenvalue weighted by molar-refractivity contribution is -0.141. The van der Waals surface area contributed by atoms with Crippen LogP contribution in [0.5, 0.6) is 0 Å². The van der Waals surface area contributed by atoms with E-state index in [9.17, 15) is 4.79 Å². The normalized spacial score (nSPS) is 14.9. The van der Waals surface area contributed by atoms with Crippen molar-refractivity contribution in [3.05, 3.63) is 11.7 Å². The van der Waals surface area contributed by atoms with Gasteiger partial charge in [-0.3, -0.25) is 4.79 Å². The second-order valence-corrected chi connectivity index (χ2v) is 3.53. The van der Waals surface area contributed by atoms with E-state index in [2.05, 4.69) is 15.5 Å². The van der Waals surface area contributed by atoms with Crippen LogP contribution in [0.15, 0.2) is 4.52 Å². The molecule has 0 aliphatic heterocycles. The Morgan fingerprint density at radius 1 is 1.60 bits per heavy atom. The molecule has 0 saturated carbocycles. The molecule has 1 aromatic heterocycles. The first-order valence-corrected chi connectivity index (χ1v) is 4.76. The van der Waals surface area contributed by atoms with Crippen LogP contribution in [0.4, 0.5) is 0 Å². The van der Waals surface area contributed by atoms with Crippen molar-refractivity contribution in [1.82, 2.24) is 15.5 Å². The van der Waals surface area contributed by atoms with Crippen LogP contribution in [-0.4, -0.2) is 27.3 Å². The van der Waals surface area contributed by atoms with Gasteiger partial charge in [0.1, 0.15) is 0 Å². The predicted octanol–water partition coefficient (Wildman–Crippen LogP) is 0.577. The summed E-state index contributed by atoms with van der Waals surface area (Å²) in [5, 5.41) is 15.5. The molecule has 0 aliphatic rings. The van der Waals surface area contributed by atoms with Crippen molar-refractivity contribution in [3.8, 4) is 0 Å². The van der Waals surface area contributed by atoms with Crippen LogP contribution < -0.4 is 5.32 Å². The summed E-state index contributed by atoms with van der Waals surface area (Å²) in [6.45, 7) is 5.59. The number of carboxylic acids is 1. The lowest BCUT2D eigenvalue weighted by Crippen LogP contribution is -2.35. The molecule has 0 fully saturated rings. The van der Waals surface area contributed by atoms with Crippen molar-refractivity contribution >= 4 is 5.97 Å². The van der Waals surface area contributed by atoms with Crippen LogP contribution in [-0.2, 0) is 11.3 Å². The van der Waals surface area contributed by atoms with E-state index in [1.54, 1.807) is 13.8 Å². The van der Waals surface area contributed by atoms with Crippen molar-refractivity contribution in [1.29, 1.82) is 0 Å². The number of nitrogens with one attached hydrogen (secondary N) is 1. The largest absolute Gasteiger partial charge is 0.481 e. The molecule has 0 radical (unpaired) electrons. The van der Waals surface area contributed by atoms with Gasteiger partial charge in [0.15, 0.2) is 5.82 Å². The third kappa shape index (κ3) is 3.32. The highest BCUT2D eigenvalue weighted by molar-refractivity contribution is 5.70. The van der Waals surface area contributed by atoms with Crippen molar-refractivity contribution in [2.75, 3.05) is 0 Å². The van der Waals surface area contributed by atoms with Crippen LogP contribution in [0, 0.1) is 12.8 Å². The molecule has 0 saturated heterocycles. The van der Waals surface area contributed by atoms with Gasteiger partial charge in [-0.2, -0.15) is 4.98 Å². The smallest absolute Gasteiger partial charge is 0.307 e. The van der Waals surface area contributed by atoms with E-state index in [1.807, 2.05) is 6.92 Å². The minimum atomic E-state index is -0.820. The maximum Gasteiger partial charge on any atom is 0.307 e. The summed E-state index contributed by atoms with van der Waals surface area (Å²) in [7, 11) is 0. The molecule has 84 valence electrons. The third-order valence-corrected chi connectivity index (χ3v) is 2.29. The van der Waals surface area contributed by atoms with Gasteiger partial charge in [0.25, 0.3) is 0 Å². The second-order valence-electron chi connectivity index (χ2n) is 3.53. The van der Waals surface area contributed by atoms with Crippen LogP contribution in [0.2, 0.25) is 0 Å². The molecule has 6 heteroatoms. The molecule has 0 aromatic carbocycles. The van der Waals surface area contributed by atoms with Crippen molar-refractivity contribution in [3.63, 3.8) is 0 Å². The molecule has 1 aromatic rings.